The summed E-state index contributed by atoms with van der Waals surface area (Å²) in [5, 5.41) is 2.10. The maximum Gasteiger partial charge on any atom is 0.0599 e. The van der Waals surface area contributed by atoms with Crippen molar-refractivity contribution in [1.29, 1.82) is 0 Å². The summed E-state index contributed by atoms with van der Waals surface area (Å²) in [6.07, 6.45) is 1.13. The normalized spacial score (nSPS) is 23.9. The molecule has 78 valence electrons. The largest absolute Gasteiger partial charge is 0.381 e. The average molecular weight is 229 g/mol. The molecule has 0 spiro atoms. The first-order valence-corrected chi connectivity index (χ1v) is 6.72. The van der Waals surface area contributed by atoms with Crippen LogP contribution < -0.4 is 5.73 Å². The Bertz CT molecular complexity index is 257. The summed E-state index contributed by atoms with van der Waals surface area (Å²) >= 11 is 3.64. The van der Waals surface area contributed by atoms with Gasteiger partial charge in [0.15, 0.2) is 0 Å². The third-order valence-electron chi connectivity index (χ3n) is 2.48. The molecule has 2 nitrogen and oxygen atoms in total. The molecular formula is C10H15NOS2. The predicted octanol–water partition coefficient (Wildman–Crippen LogP) is 2.20. The van der Waals surface area contributed by atoms with E-state index in [0.717, 1.165) is 25.4 Å². The molecule has 14 heavy (non-hydrogen) atoms. The van der Waals surface area contributed by atoms with E-state index < -0.39 is 0 Å². The molecule has 1 fully saturated rings. The van der Waals surface area contributed by atoms with Crippen molar-refractivity contribution in [3.05, 3.63) is 17.5 Å². The first-order valence-electron chi connectivity index (χ1n) is 4.86. The van der Waals surface area contributed by atoms with Crippen LogP contribution in [0.15, 0.2) is 21.7 Å². The number of thiophene rings is 1. The highest BCUT2D eigenvalue weighted by atomic mass is 32.2. The minimum absolute atomic E-state index is 0.282. The van der Waals surface area contributed by atoms with Crippen molar-refractivity contribution in [2.45, 2.75) is 16.7 Å². The lowest BCUT2D eigenvalue weighted by molar-refractivity contribution is 0.182. The van der Waals surface area contributed by atoms with Crippen LogP contribution in [0.3, 0.4) is 0 Å². The van der Waals surface area contributed by atoms with Crippen LogP contribution in [-0.4, -0.2) is 25.0 Å². The summed E-state index contributed by atoms with van der Waals surface area (Å²) in [6.45, 7) is 1.74. The van der Waals surface area contributed by atoms with Gasteiger partial charge in [-0.15, -0.1) is 23.1 Å². The quantitative estimate of drug-likeness (QED) is 0.804. The second-order valence-electron chi connectivity index (χ2n) is 3.53. The molecule has 2 atom stereocenters. The van der Waals surface area contributed by atoms with E-state index in [9.17, 15) is 0 Å². The van der Waals surface area contributed by atoms with Gasteiger partial charge < -0.3 is 10.5 Å². The third-order valence-corrected chi connectivity index (χ3v) is 4.76. The number of nitrogens with two attached hydrogens (primary N) is 1. The molecule has 2 unspecified atom stereocenters. The van der Waals surface area contributed by atoms with Crippen LogP contribution >= 0.6 is 23.1 Å². The maximum atomic E-state index is 6.10. The van der Waals surface area contributed by atoms with Crippen molar-refractivity contribution in [3.63, 3.8) is 0 Å². The number of thioether (sulfide) groups is 1. The van der Waals surface area contributed by atoms with Gasteiger partial charge in [0.1, 0.15) is 0 Å². The molecule has 2 rings (SSSR count). The lowest BCUT2D eigenvalue weighted by Gasteiger charge is -2.16. The predicted molar refractivity (Wildman–Crippen MR) is 61.9 cm³/mol. The Kier molecular flexibility index (Phi) is 3.87. The lowest BCUT2D eigenvalue weighted by Crippen LogP contribution is -2.32. The van der Waals surface area contributed by atoms with E-state index in [2.05, 4.69) is 17.5 Å². The summed E-state index contributed by atoms with van der Waals surface area (Å²) in [5.74, 6) is 1.58. The van der Waals surface area contributed by atoms with Gasteiger partial charge in [0.05, 0.1) is 10.8 Å². The number of hydrogen-bond acceptors (Lipinski definition) is 4. The summed E-state index contributed by atoms with van der Waals surface area (Å²) in [4.78, 5) is 0. The molecule has 1 aromatic heterocycles. The molecule has 1 aliphatic heterocycles. The van der Waals surface area contributed by atoms with Gasteiger partial charge in [-0.1, -0.05) is 6.07 Å². The molecule has 0 saturated carbocycles. The van der Waals surface area contributed by atoms with Crippen molar-refractivity contribution >= 4 is 23.1 Å². The highest BCUT2D eigenvalue weighted by molar-refractivity contribution is 8.01. The summed E-state index contributed by atoms with van der Waals surface area (Å²) < 4.78 is 6.69. The second kappa shape index (κ2) is 5.16. The number of hydrogen-bond donors (Lipinski definition) is 1. The van der Waals surface area contributed by atoms with Crippen LogP contribution in [-0.2, 0) is 4.74 Å². The van der Waals surface area contributed by atoms with Crippen LogP contribution in [0.4, 0.5) is 0 Å². The lowest BCUT2D eigenvalue weighted by atomic mass is 10.0. The third kappa shape index (κ3) is 2.73. The van der Waals surface area contributed by atoms with E-state index in [-0.39, 0.29) is 6.04 Å². The molecule has 1 aromatic rings. The zero-order valence-corrected chi connectivity index (χ0v) is 9.65. The monoisotopic (exact) mass is 229 g/mol. The van der Waals surface area contributed by atoms with Gasteiger partial charge in [0.2, 0.25) is 0 Å². The van der Waals surface area contributed by atoms with E-state index >= 15 is 0 Å². The Morgan fingerprint density at radius 2 is 2.64 bits per heavy atom. The van der Waals surface area contributed by atoms with E-state index in [1.54, 1.807) is 11.3 Å². The highest BCUT2D eigenvalue weighted by Gasteiger charge is 2.22. The van der Waals surface area contributed by atoms with Gasteiger partial charge in [-0.05, 0) is 17.9 Å². The average Bonchev–Trinajstić information content (AvgIpc) is 2.87. The van der Waals surface area contributed by atoms with Crippen LogP contribution in [0.5, 0.6) is 0 Å². The van der Waals surface area contributed by atoms with Gasteiger partial charge >= 0.3 is 0 Å². The first kappa shape index (κ1) is 10.5. The highest BCUT2D eigenvalue weighted by Crippen LogP contribution is 2.26. The summed E-state index contributed by atoms with van der Waals surface area (Å²) in [5.41, 5.74) is 6.10. The van der Waals surface area contributed by atoms with Gasteiger partial charge in [-0.3, -0.25) is 0 Å². The standard InChI is InChI=1S/C10H15NOS2/c11-9(8-3-4-12-6-8)7-14-10-2-1-5-13-10/h1-2,5,8-9H,3-4,6-7,11H2. The molecule has 2 N–H and O–H groups in total. The van der Waals surface area contributed by atoms with Crippen LogP contribution in [0.1, 0.15) is 6.42 Å². The summed E-state index contributed by atoms with van der Waals surface area (Å²) in [6, 6.07) is 4.51. The Labute approximate surface area is 92.8 Å². The molecule has 0 amide bonds. The van der Waals surface area contributed by atoms with Crippen molar-refractivity contribution in [2.75, 3.05) is 19.0 Å². The Hall–Kier alpha value is -0.0300. The molecule has 2 heterocycles. The SMILES string of the molecule is NC(CSc1cccs1)C1CCOC1. The fourth-order valence-corrected chi connectivity index (χ4v) is 3.45. The van der Waals surface area contributed by atoms with Gasteiger partial charge in [-0.25, -0.2) is 0 Å². The Morgan fingerprint density at radius 1 is 1.71 bits per heavy atom. The van der Waals surface area contributed by atoms with E-state index in [1.807, 2.05) is 11.8 Å². The van der Waals surface area contributed by atoms with E-state index in [4.69, 9.17) is 10.5 Å². The Morgan fingerprint density at radius 3 is 3.29 bits per heavy atom. The zero-order valence-electron chi connectivity index (χ0n) is 8.02. The van der Waals surface area contributed by atoms with Crippen molar-refractivity contribution in [2.24, 2.45) is 11.7 Å². The second-order valence-corrected chi connectivity index (χ2v) is 5.80. The minimum Gasteiger partial charge on any atom is -0.381 e. The van der Waals surface area contributed by atoms with Crippen molar-refractivity contribution < 1.29 is 4.74 Å². The van der Waals surface area contributed by atoms with Gasteiger partial charge in [0.25, 0.3) is 0 Å². The van der Waals surface area contributed by atoms with E-state index in [0.29, 0.717) is 5.92 Å². The van der Waals surface area contributed by atoms with Crippen molar-refractivity contribution in [1.82, 2.24) is 0 Å². The maximum absolute atomic E-state index is 6.10. The van der Waals surface area contributed by atoms with Gasteiger partial charge in [-0.2, -0.15) is 0 Å². The minimum atomic E-state index is 0.282. The van der Waals surface area contributed by atoms with Crippen LogP contribution in [0.25, 0.3) is 0 Å². The molecule has 0 aromatic carbocycles. The topological polar surface area (TPSA) is 35.2 Å². The molecule has 1 saturated heterocycles. The first-order chi connectivity index (χ1) is 6.86. The summed E-state index contributed by atoms with van der Waals surface area (Å²) in [7, 11) is 0. The molecule has 1 aliphatic rings. The molecule has 0 bridgehead atoms. The molecule has 0 aliphatic carbocycles. The fourth-order valence-electron chi connectivity index (χ4n) is 1.55. The zero-order chi connectivity index (χ0) is 9.80. The smallest absolute Gasteiger partial charge is 0.0599 e. The molecular weight excluding hydrogens is 214 g/mol. The fraction of sp³-hybridized carbons (Fsp3) is 0.600. The van der Waals surface area contributed by atoms with Gasteiger partial charge in [0, 0.05) is 24.3 Å². The molecule has 0 radical (unpaired) electrons. The van der Waals surface area contributed by atoms with Crippen LogP contribution in [0, 0.1) is 5.92 Å². The molecule has 4 heteroatoms. The number of rotatable bonds is 4. The van der Waals surface area contributed by atoms with E-state index in [1.165, 1.54) is 4.21 Å². The van der Waals surface area contributed by atoms with Crippen LogP contribution in [0.2, 0.25) is 0 Å². The van der Waals surface area contributed by atoms with Crippen molar-refractivity contribution in [3.8, 4) is 0 Å². The Balaban J connectivity index is 1.74. The number of ether oxygens (including phenoxy) is 1.